The Morgan fingerprint density at radius 2 is 1.60 bits per heavy atom. The molecule has 0 saturated heterocycles. The summed E-state index contributed by atoms with van der Waals surface area (Å²) in [6.45, 7) is 11.1. The maximum absolute atomic E-state index is 2.30. The molecule has 1 aromatic rings. The van der Waals surface area contributed by atoms with Crippen LogP contribution in [-0.2, 0) is 0 Å². The fraction of sp³-hybridized carbons (Fsp3) is 0.467. The van der Waals surface area contributed by atoms with Crippen molar-refractivity contribution in [3.05, 3.63) is 47.5 Å². The van der Waals surface area contributed by atoms with E-state index >= 15 is 0 Å². The molecule has 0 radical (unpaired) electrons. The van der Waals surface area contributed by atoms with E-state index in [0.29, 0.717) is 5.92 Å². The van der Waals surface area contributed by atoms with Crippen molar-refractivity contribution in [2.24, 2.45) is 5.41 Å². The smallest absolute Gasteiger partial charge is 0.00102 e. The van der Waals surface area contributed by atoms with Gasteiger partial charge in [-0.05, 0) is 23.8 Å². The molecule has 1 unspecified atom stereocenters. The van der Waals surface area contributed by atoms with E-state index < -0.39 is 0 Å². The topological polar surface area (TPSA) is 0 Å². The minimum Gasteiger partial charge on any atom is -0.0825 e. The Kier molecular flexibility index (Phi) is 3.73. The molecule has 1 atom stereocenters. The monoisotopic (exact) mass is 202 g/mol. The molecule has 0 aromatic heterocycles. The summed E-state index contributed by atoms with van der Waals surface area (Å²) in [5.41, 5.74) is 2.99. The van der Waals surface area contributed by atoms with Crippen molar-refractivity contribution >= 4 is 0 Å². The van der Waals surface area contributed by atoms with Gasteiger partial charge in [0.2, 0.25) is 0 Å². The molecule has 0 fully saturated rings. The van der Waals surface area contributed by atoms with E-state index in [1.165, 1.54) is 11.1 Å². The number of aryl methyl sites for hydroxylation is 1. The van der Waals surface area contributed by atoms with Crippen molar-refractivity contribution in [1.29, 1.82) is 0 Å². The fourth-order valence-electron chi connectivity index (χ4n) is 1.41. The van der Waals surface area contributed by atoms with Crippen LogP contribution in [0.15, 0.2) is 36.4 Å². The third-order valence-corrected chi connectivity index (χ3v) is 2.49. The summed E-state index contributed by atoms with van der Waals surface area (Å²) in [5, 5.41) is 0. The van der Waals surface area contributed by atoms with Crippen LogP contribution < -0.4 is 0 Å². The maximum atomic E-state index is 2.30. The molecular formula is C15H22. The summed E-state index contributed by atoms with van der Waals surface area (Å²) in [5.74, 6) is 0.504. The first kappa shape index (κ1) is 12.0. The molecule has 0 amide bonds. The third kappa shape index (κ3) is 4.33. The Bertz CT molecular complexity index is 322. The second-order valence-corrected chi connectivity index (χ2v) is 5.42. The van der Waals surface area contributed by atoms with Crippen molar-refractivity contribution in [1.82, 2.24) is 0 Å². The van der Waals surface area contributed by atoms with Gasteiger partial charge in [-0.1, -0.05) is 69.7 Å². The van der Waals surface area contributed by atoms with Crippen LogP contribution in [0.25, 0.3) is 0 Å². The highest BCUT2D eigenvalue weighted by molar-refractivity contribution is 5.27. The van der Waals surface area contributed by atoms with Crippen LogP contribution in [0.1, 0.15) is 44.7 Å². The first-order valence-corrected chi connectivity index (χ1v) is 5.64. The normalized spacial score (nSPS) is 14.5. The summed E-state index contributed by atoms with van der Waals surface area (Å²) < 4.78 is 0. The van der Waals surface area contributed by atoms with Crippen molar-refractivity contribution in [2.75, 3.05) is 0 Å². The van der Waals surface area contributed by atoms with Crippen LogP contribution in [0.3, 0.4) is 0 Å². The van der Waals surface area contributed by atoms with Gasteiger partial charge in [-0.2, -0.15) is 0 Å². The van der Waals surface area contributed by atoms with Gasteiger partial charge in [0.05, 0.1) is 0 Å². The van der Waals surface area contributed by atoms with E-state index in [-0.39, 0.29) is 5.41 Å². The van der Waals surface area contributed by atoms with Gasteiger partial charge in [0.1, 0.15) is 0 Å². The zero-order chi connectivity index (χ0) is 11.5. The van der Waals surface area contributed by atoms with Crippen LogP contribution in [0.5, 0.6) is 0 Å². The Morgan fingerprint density at radius 1 is 1.07 bits per heavy atom. The van der Waals surface area contributed by atoms with E-state index in [1.54, 1.807) is 0 Å². The molecule has 0 aliphatic heterocycles. The lowest BCUT2D eigenvalue weighted by atomic mass is 9.92. The Labute approximate surface area is 94.0 Å². The molecule has 1 rings (SSSR count). The van der Waals surface area contributed by atoms with Crippen molar-refractivity contribution in [2.45, 2.75) is 40.5 Å². The van der Waals surface area contributed by atoms with Crippen LogP contribution in [0, 0.1) is 12.3 Å². The highest BCUT2D eigenvalue weighted by Gasteiger charge is 2.06. The van der Waals surface area contributed by atoms with Gasteiger partial charge in [0.15, 0.2) is 0 Å². The molecule has 1 aromatic carbocycles. The molecule has 15 heavy (non-hydrogen) atoms. The third-order valence-electron chi connectivity index (χ3n) is 2.49. The van der Waals surface area contributed by atoms with Crippen LogP contribution in [0.4, 0.5) is 0 Å². The van der Waals surface area contributed by atoms with Crippen LogP contribution in [0.2, 0.25) is 0 Å². The maximum Gasteiger partial charge on any atom is -0.00102 e. The highest BCUT2D eigenvalue weighted by atomic mass is 14.1. The zero-order valence-corrected chi connectivity index (χ0v) is 10.5. The minimum absolute atomic E-state index is 0.277. The summed E-state index contributed by atoms with van der Waals surface area (Å²) in [6.07, 6.45) is 4.59. The van der Waals surface area contributed by atoms with Gasteiger partial charge in [-0.25, -0.2) is 0 Å². The number of hydrogen-bond donors (Lipinski definition) is 0. The predicted octanol–water partition coefficient (Wildman–Crippen LogP) is 4.70. The van der Waals surface area contributed by atoms with Gasteiger partial charge in [0, 0.05) is 0 Å². The molecule has 0 aliphatic rings. The SMILES string of the molecule is Cc1ccc(C(C)/C=C/C(C)(C)C)cc1. The van der Waals surface area contributed by atoms with E-state index in [4.69, 9.17) is 0 Å². The van der Waals surface area contributed by atoms with Gasteiger partial charge in [-0.15, -0.1) is 0 Å². The molecule has 0 N–H and O–H groups in total. The first-order valence-electron chi connectivity index (χ1n) is 5.64. The number of rotatable bonds is 2. The Balaban J connectivity index is 2.73. The Hall–Kier alpha value is -1.04. The van der Waals surface area contributed by atoms with Gasteiger partial charge in [-0.3, -0.25) is 0 Å². The van der Waals surface area contributed by atoms with E-state index in [0.717, 1.165) is 0 Å². The summed E-state index contributed by atoms with van der Waals surface area (Å²) in [6, 6.07) is 8.79. The number of benzene rings is 1. The summed E-state index contributed by atoms with van der Waals surface area (Å²) in [4.78, 5) is 0. The van der Waals surface area contributed by atoms with E-state index in [9.17, 15) is 0 Å². The van der Waals surface area contributed by atoms with Crippen molar-refractivity contribution < 1.29 is 0 Å². The second kappa shape index (κ2) is 4.65. The summed E-state index contributed by atoms with van der Waals surface area (Å²) >= 11 is 0. The largest absolute Gasteiger partial charge is 0.0825 e. The van der Waals surface area contributed by atoms with Crippen LogP contribution >= 0.6 is 0 Å². The van der Waals surface area contributed by atoms with Crippen molar-refractivity contribution in [3.8, 4) is 0 Å². The minimum atomic E-state index is 0.277. The number of allylic oxidation sites excluding steroid dienone is 2. The second-order valence-electron chi connectivity index (χ2n) is 5.42. The lowest BCUT2D eigenvalue weighted by Crippen LogP contribution is -2.00. The van der Waals surface area contributed by atoms with Crippen molar-refractivity contribution in [3.63, 3.8) is 0 Å². The molecule has 0 nitrogen and oxygen atoms in total. The predicted molar refractivity (Wildman–Crippen MR) is 68.2 cm³/mol. The first-order chi connectivity index (χ1) is 6.88. The summed E-state index contributed by atoms with van der Waals surface area (Å²) in [7, 11) is 0. The Morgan fingerprint density at radius 3 is 2.07 bits per heavy atom. The van der Waals surface area contributed by atoms with E-state index in [1.807, 2.05) is 0 Å². The van der Waals surface area contributed by atoms with Gasteiger partial charge >= 0.3 is 0 Å². The van der Waals surface area contributed by atoms with Gasteiger partial charge < -0.3 is 0 Å². The van der Waals surface area contributed by atoms with E-state index in [2.05, 4.69) is 71.0 Å². The molecular weight excluding hydrogens is 180 g/mol. The quantitative estimate of drug-likeness (QED) is 0.610. The molecule has 0 bridgehead atoms. The molecule has 0 aliphatic carbocycles. The highest BCUT2D eigenvalue weighted by Crippen LogP contribution is 2.21. The zero-order valence-electron chi connectivity index (χ0n) is 10.5. The molecule has 0 heteroatoms. The fourth-order valence-corrected chi connectivity index (χ4v) is 1.41. The molecule has 0 spiro atoms. The van der Waals surface area contributed by atoms with Gasteiger partial charge in [0.25, 0.3) is 0 Å². The average molecular weight is 202 g/mol. The molecule has 82 valence electrons. The standard InChI is InChI=1S/C15H22/c1-12-6-8-14(9-7-12)13(2)10-11-15(3,4)5/h6-11,13H,1-5H3/b11-10+. The molecule has 0 saturated carbocycles. The lowest BCUT2D eigenvalue weighted by Gasteiger charge is -2.14. The van der Waals surface area contributed by atoms with Crippen LogP contribution in [-0.4, -0.2) is 0 Å². The number of hydrogen-bond acceptors (Lipinski definition) is 0. The molecule has 0 heterocycles. The average Bonchev–Trinajstić information content (AvgIpc) is 2.14. The lowest BCUT2D eigenvalue weighted by molar-refractivity contribution is 0.541.